The van der Waals surface area contributed by atoms with Gasteiger partial charge in [-0.25, -0.2) is 8.42 Å². The number of hydrogen-bond acceptors (Lipinski definition) is 6. The zero-order chi connectivity index (χ0) is 30.7. The number of benzene rings is 3. The van der Waals surface area contributed by atoms with Crippen LogP contribution in [0.25, 0.3) is 0 Å². The van der Waals surface area contributed by atoms with E-state index in [0.29, 0.717) is 12.5 Å². The number of nitrogens with two attached hydrogens (primary N) is 1. The molecular formula is C35H42N4O4S. The van der Waals surface area contributed by atoms with Crippen molar-refractivity contribution in [2.24, 2.45) is 0 Å². The van der Waals surface area contributed by atoms with E-state index in [1.165, 1.54) is 45.8 Å². The second kappa shape index (κ2) is 13.0. The van der Waals surface area contributed by atoms with Gasteiger partial charge in [-0.1, -0.05) is 36.8 Å². The largest absolute Gasteiger partial charge is 0.497 e. The molecule has 232 valence electrons. The lowest BCUT2D eigenvalue weighted by Crippen LogP contribution is -2.30. The summed E-state index contributed by atoms with van der Waals surface area (Å²) in [6.07, 6.45) is 10.6. The van der Waals surface area contributed by atoms with Gasteiger partial charge >= 0.3 is 0 Å². The van der Waals surface area contributed by atoms with Gasteiger partial charge in [0.1, 0.15) is 11.5 Å². The van der Waals surface area contributed by atoms with Crippen LogP contribution < -0.4 is 15.2 Å². The van der Waals surface area contributed by atoms with Crippen molar-refractivity contribution in [3.63, 3.8) is 0 Å². The number of hydrogen-bond donors (Lipinski definition) is 1. The third-order valence-corrected chi connectivity index (χ3v) is 10.9. The molecule has 9 heteroatoms. The van der Waals surface area contributed by atoms with Gasteiger partial charge in [-0.3, -0.25) is 4.68 Å². The first kappa shape index (κ1) is 30.2. The van der Waals surface area contributed by atoms with Crippen LogP contribution in [0.1, 0.15) is 71.4 Å². The van der Waals surface area contributed by atoms with Gasteiger partial charge < -0.3 is 15.2 Å². The van der Waals surface area contributed by atoms with E-state index >= 15 is 0 Å². The molecule has 0 radical (unpaired) electrons. The molecule has 2 N–H and O–H groups in total. The van der Waals surface area contributed by atoms with Crippen molar-refractivity contribution >= 4 is 15.7 Å². The fourth-order valence-corrected chi connectivity index (χ4v) is 8.15. The Morgan fingerprint density at radius 3 is 2.18 bits per heavy atom. The summed E-state index contributed by atoms with van der Waals surface area (Å²) in [6, 6.07) is 18.9. The van der Waals surface area contributed by atoms with Crippen LogP contribution in [0.3, 0.4) is 0 Å². The number of aromatic nitrogens is 2. The number of ether oxygens (including phenoxy) is 2. The number of nitrogen functional groups attached to an aromatic ring is 1. The number of anilines is 1. The maximum atomic E-state index is 13.9. The number of rotatable bonds is 13. The van der Waals surface area contributed by atoms with Crippen LogP contribution in [0.4, 0.5) is 5.69 Å². The molecule has 4 aromatic rings. The van der Waals surface area contributed by atoms with E-state index in [1.807, 2.05) is 48.5 Å². The minimum absolute atomic E-state index is 0.0610. The molecule has 8 nitrogen and oxygen atoms in total. The second-order valence-electron chi connectivity index (χ2n) is 12.0. The van der Waals surface area contributed by atoms with Crippen LogP contribution in [-0.2, 0) is 48.9 Å². The van der Waals surface area contributed by atoms with E-state index in [0.717, 1.165) is 60.4 Å². The van der Waals surface area contributed by atoms with Crippen molar-refractivity contribution in [1.29, 1.82) is 0 Å². The highest BCUT2D eigenvalue weighted by Crippen LogP contribution is 2.44. The predicted octanol–water partition coefficient (Wildman–Crippen LogP) is 6.26. The molecule has 0 amide bonds. The molecule has 0 bridgehead atoms. The zero-order valence-electron chi connectivity index (χ0n) is 25.7. The molecular weight excluding hydrogens is 572 g/mol. The van der Waals surface area contributed by atoms with Crippen molar-refractivity contribution < 1.29 is 17.9 Å². The summed E-state index contributed by atoms with van der Waals surface area (Å²) in [5.74, 6) is 1.97. The number of unbranched alkanes of at least 4 members (excludes halogenated alkanes) is 1. The average Bonchev–Trinajstić information content (AvgIpc) is 3.81. The number of methoxy groups -OCH3 is 2. The average molecular weight is 615 g/mol. The Morgan fingerprint density at radius 1 is 0.886 bits per heavy atom. The third kappa shape index (κ3) is 6.35. The molecule has 2 aliphatic carbocycles. The van der Waals surface area contributed by atoms with Crippen LogP contribution in [0.2, 0.25) is 0 Å². The molecule has 0 saturated carbocycles. The van der Waals surface area contributed by atoms with E-state index in [-0.39, 0.29) is 18.1 Å². The Kier molecular flexibility index (Phi) is 8.96. The molecule has 6 rings (SSSR count). The molecule has 1 unspecified atom stereocenters. The molecule has 0 saturated heterocycles. The van der Waals surface area contributed by atoms with Crippen molar-refractivity contribution in [1.82, 2.24) is 14.1 Å². The van der Waals surface area contributed by atoms with Crippen LogP contribution in [0.15, 0.2) is 71.9 Å². The first-order valence-corrected chi connectivity index (χ1v) is 17.0. The van der Waals surface area contributed by atoms with E-state index in [2.05, 4.69) is 11.2 Å². The van der Waals surface area contributed by atoms with Gasteiger partial charge in [-0.15, -0.1) is 0 Å². The summed E-state index contributed by atoms with van der Waals surface area (Å²) in [5, 5.41) is 4.59. The molecule has 44 heavy (non-hydrogen) atoms. The van der Waals surface area contributed by atoms with Crippen molar-refractivity contribution in [3.8, 4) is 11.5 Å². The number of sulfonamides is 1. The lowest BCUT2D eigenvalue weighted by atomic mass is 9.91. The predicted molar refractivity (Wildman–Crippen MR) is 172 cm³/mol. The maximum Gasteiger partial charge on any atom is 0.262 e. The smallest absolute Gasteiger partial charge is 0.262 e. The molecule has 0 fully saturated rings. The van der Waals surface area contributed by atoms with E-state index in [4.69, 9.17) is 15.2 Å². The highest BCUT2D eigenvalue weighted by molar-refractivity contribution is 7.89. The summed E-state index contributed by atoms with van der Waals surface area (Å²) < 4.78 is 41.6. The summed E-state index contributed by atoms with van der Waals surface area (Å²) in [5.41, 5.74) is 15.2. The molecule has 0 aliphatic heterocycles. The SMILES string of the molecule is COc1ccc(CN(Cc2ccc(OC)cc2)S(=O)(=O)c2ccn(CCCCC3CCc4cc5c(c(N)c43)CCC5)n2)cc1. The molecule has 3 aromatic carbocycles. The molecule has 0 spiro atoms. The van der Waals surface area contributed by atoms with E-state index in [1.54, 1.807) is 31.2 Å². The Hall–Kier alpha value is -3.82. The van der Waals surface area contributed by atoms with E-state index < -0.39 is 10.0 Å². The van der Waals surface area contributed by atoms with Crippen molar-refractivity contribution in [2.45, 2.75) is 81.9 Å². The molecule has 1 heterocycles. The third-order valence-electron chi connectivity index (χ3n) is 9.19. The summed E-state index contributed by atoms with van der Waals surface area (Å²) in [4.78, 5) is 0. The number of fused-ring (bicyclic) bond motifs is 2. The van der Waals surface area contributed by atoms with Crippen molar-refractivity contribution in [3.05, 3.63) is 100 Å². The van der Waals surface area contributed by atoms with Crippen LogP contribution in [0.5, 0.6) is 11.5 Å². The van der Waals surface area contributed by atoms with Gasteiger partial charge in [-0.2, -0.15) is 9.40 Å². The zero-order valence-corrected chi connectivity index (χ0v) is 26.5. The van der Waals surface area contributed by atoms with Gasteiger partial charge in [0.05, 0.1) is 14.2 Å². The summed E-state index contributed by atoms with van der Waals surface area (Å²) in [7, 11) is -0.647. The van der Waals surface area contributed by atoms with Gasteiger partial charge in [0.25, 0.3) is 10.0 Å². The van der Waals surface area contributed by atoms with E-state index in [9.17, 15) is 8.42 Å². The highest BCUT2D eigenvalue weighted by Gasteiger charge is 2.30. The van der Waals surface area contributed by atoms with Crippen LogP contribution in [-0.4, -0.2) is 36.7 Å². The lowest BCUT2D eigenvalue weighted by Gasteiger charge is -2.21. The topological polar surface area (TPSA) is 99.7 Å². The first-order valence-electron chi connectivity index (χ1n) is 15.6. The quantitative estimate of drug-likeness (QED) is 0.141. The standard InChI is InChI=1S/C35H42N4O4S/c1-42-30-15-9-25(10-16-30)23-39(24-26-11-17-31(43-2)18-12-26)44(40,41)33-19-21-38(37-33)20-4-3-6-27-13-14-29-22-28-7-5-8-32(28)35(36)34(27)29/h9-12,15-19,21-22,27H,3-8,13-14,20,23-24,36H2,1-2H3. The molecule has 2 aliphatic rings. The van der Waals surface area contributed by atoms with Crippen LogP contribution >= 0.6 is 0 Å². The lowest BCUT2D eigenvalue weighted by molar-refractivity contribution is 0.394. The second-order valence-corrected chi connectivity index (χ2v) is 13.9. The number of aryl methyl sites for hydroxylation is 3. The summed E-state index contributed by atoms with van der Waals surface area (Å²) >= 11 is 0. The Balaban J connectivity index is 1.11. The van der Waals surface area contributed by atoms with Gasteiger partial charge in [0.2, 0.25) is 0 Å². The Labute approximate surface area is 260 Å². The Morgan fingerprint density at radius 2 is 1.55 bits per heavy atom. The first-order chi connectivity index (χ1) is 21.4. The monoisotopic (exact) mass is 614 g/mol. The van der Waals surface area contributed by atoms with Gasteiger partial charge in [0, 0.05) is 31.5 Å². The normalized spacial score (nSPS) is 15.8. The highest BCUT2D eigenvalue weighted by atomic mass is 32.2. The molecule has 1 atom stereocenters. The van der Waals surface area contributed by atoms with Gasteiger partial charge in [0.15, 0.2) is 5.03 Å². The minimum atomic E-state index is -3.87. The number of nitrogens with zero attached hydrogens (tertiary/aromatic N) is 3. The maximum absolute atomic E-state index is 13.9. The minimum Gasteiger partial charge on any atom is -0.497 e. The van der Waals surface area contributed by atoms with Gasteiger partial charge in [-0.05, 0) is 115 Å². The Bertz CT molecular complexity index is 1650. The fraction of sp³-hybridized carbons (Fsp3) is 0.400. The fourth-order valence-electron chi connectivity index (χ4n) is 6.81. The molecule has 1 aromatic heterocycles. The summed E-state index contributed by atoms with van der Waals surface area (Å²) in [6.45, 7) is 1.09. The van der Waals surface area contributed by atoms with Crippen molar-refractivity contribution in [2.75, 3.05) is 20.0 Å². The van der Waals surface area contributed by atoms with Crippen LogP contribution in [0, 0.1) is 0 Å².